The number of aliphatic hydroxyl groups is 1. The number of benzene rings is 1. The van der Waals surface area contributed by atoms with E-state index in [2.05, 4.69) is 5.10 Å². The van der Waals surface area contributed by atoms with E-state index in [0.29, 0.717) is 37.3 Å². The summed E-state index contributed by atoms with van der Waals surface area (Å²) in [5.74, 6) is 0. The zero-order chi connectivity index (χ0) is 14.8. The molecule has 1 saturated heterocycles. The molecule has 0 amide bonds. The van der Waals surface area contributed by atoms with E-state index >= 15 is 0 Å². The first-order valence-electron chi connectivity index (χ1n) is 6.93. The van der Waals surface area contributed by atoms with Crippen molar-refractivity contribution in [1.29, 1.82) is 0 Å². The lowest BCUT2D eigenvalue weighted by atomic mass is 10.1. The van der Waals surface area contributed by atoms with Crippen LogP contribution in [0.25, 0.3) is 5.69 Å². The van der Waals surface area contributed by atoms with Gasteiger partial charge >= 0.3 is 0 Å². The maximum absolute atomic E-state index is 12.4. The Kier molecular flexibility index (Phi) is 3.94. The van der Waals surface area contributed by atoms with Gasteiger partial charge in [-0.3, -0.25) is 4.79 Å². The summed E-state index contributed by atoms with van der Waals surface area (Å²) in [6, 6.07) is 9.18. The second-order valence-corrected chi connectivity index (χ2v) is 5.49. The highest BCUT2D eigenvalue weighted by atomic mass is 35.5. The van der Waals surface area contributed by atoms with Crippen LogP contribution in [0.1, 0.15) is 12.8 Å². The monoisotopic (exact) mass is 305 g/mol. The van der Waals surface area contributed by atoms with Gasteiger partial charge in [-0.2, -0.15) is 9.78 Å². The molecule has 5 nitrogen and oxygen atoms in total. The number of aromatic nitrogens is 2. The fourth-order valence-corrected chi connectivity index (χ4v) is 2.75. The lowest BCUT2D eigenvalue weighted by Gasteiger charge is -2.31. The van der Waals surface area contributed by atoms with Crippen molar-refractivity contribution in [3.63, 3.8) is 0 Å². The van der Waals surface area contributed by atoms with Crippen LogP contribution in [-0.4, -0.2) is 34.1 Å². The van der Waals surface area contributed by atoms with Crippen LogP contribution in [0, 0.1) is 0 Å². The first kappa shape index (κ1) is 14.1. The fourth-order valence-electron chi connectivity index (χ4n) is 2.50. The average molecular weight is 306 g/mol. The second-order valence-electron chi connectivity index (χ2n) is 5.11. The lowest BCUT2D eigenvalue weighted by Crippen LogP contribution is -2.37. The Balaban J connectivity index is 1.96. The molecule has 0 radical (unpaired) electrons. The van der Waals surface area contributed by atoms with E-state index < -0.39 is 0 Å². The van der Waals surface area contributed by atoms with Crippen molar-refractivity contribution in [3.8, 4) is 5.69 Å². The number of para-hydroxylation sites is 1. The van der Waals surface area contributed by atoms with E-state index in [9.17, 15) is 9.90 Å². The Morgan fingerprint density at radius 2 is 1.86 bits per heavy atom. The van der Waals surface area contributed by atoms with Crippen LogP contribution in [0.5, 0.6) is 0 Å². The number of hydrogen-bond acceptors (Lipinski definition) is 4. The van der Waals surface area contributed by atoms with E-state index in [4.69, 9.17) is 11.6 Å². The predicted octanol–water partition coefficient (Wildman–Crippen LogP) is 1.85. The lowest BCUT2D eigenvalue weighted by molar-refractivity contribution is 0.145. The van der Waals surface area contributed by atoms with Gasteiger partial charge in [0.25, 0.3) is 5.56 Å². The summed E-state index contributed by atoms with van der Waals surface area (Å²) in [7, 11) is 0. The quantitative estimate of drug-likeness (QED) is 0.920. The number of halogens is 1. The molecule has 0 aliphatic carbocycles. The zero-order valence-corrected chi connectivity index (χ0v) is 12.2. The summed E-state index contributed by atoms with van der Waals surface area (Å²) in [4.78, 5) is 14.4. The smallest absolute Gasteiger partial charge is 0.292 e. The van der Waals surface area contributed by atoms with Crippen molar-refractivity contribution in [2.45, 2.75) is 18.9 Å². The van der Waals surface area contributed by atoms with Crippen LogP contribution in [0.15, 0.2) is 41.3 Å². The SMILES string of the molecule is O=c1c(Cl)c(N2CCC(O)CC2)cnn1-c1ccccc1. The van der Waals surface area contributed by atoms with Gasteiger partial charge < -0.3 is 10.0 Å². The molecular weight excluding hydrogens is 290 g/mol. The van der Waals surface area contributed by atoms with Crippen molar-refractivity contribution in [2.75, 3.05) is 18.0 Å². The first-order chi connectivity index (χ1) is 10.2. The number of nitrogens with zero attached hydrogens (tertiary/aromatic N) is 3. The Morgan fingerprint density at radius 1 is 1.19 bits per heavy atom. The minimum Gasteiger partial charge on any atom is -0.393 e. The molecule has 1 aliphatic heterocycles. The number of rotatable bonds is 2. The first-order valence-corrected chi connectivity index (χ1v) is 7.31. The molecule has 1 aromatic heterocycles. The minimum absolute atomic E-state index is 0.172. The van der Waals surface area contributed by atoms with Crippen LogP contribution in [0.3, 0.4) is 0 Å². The van der Waals surface area contributed by atoms with Gasteiger partial charge in [0.05, 0.1) is 23.7 Å². The predicted molar refractivity (Wildman–Crippen MR) is 82.3 cm³/mol. The maximum atomic E-state index is 12.4. The van der Waals surface area contributed by atoms with Gasteiger partial charge in [0.15, 0.2) is 0 Å². The highest BCUT2D eigenvalue weighted by Gasteiger charge is 2.21. The summed E-state index contributed by atoms with van der Waals surface area (Å²) in [5.41, 5.74) is 0.997. The number of hydrogen-bond donors (Lipinski definition) is 1. The molecule has 1 N–H and O–H groups in total. The third-order valence-electron chi connectivity index (χ3n) is 3.71. The second kappa shape index (κ2) is 5.87. The molecule has 2 aromatic rings. The molecule has 6 heteroatoms. The molecule has 0 saturated carbocycles. The molecule has 2 heterocycles. The molecule has 0 unspecified atom stereocenters. The Hall–Kier alpha value is -1.85. The number of anilines is 1. The van der Waals surface area contributed by atoms with Gasteiger partial charge in [-0.15, -0.1) is 0 Å². The normalized spacial score (nSPS) is 16.2. The Bertz CT molecular complexity index is 679. The largest absolute Gasteiger partial charge is 0.393 e. The highest BCUT2D eigenvalue weighted by Crippen LogP contribution is 2.25. The molecule has 3 rings (SSSR count). The van der Waals surface area contributed by atoms with E-state index in [0.717, 1.165) is 0 Å². The molecule has 0 bridgehead atoms. The topological polar surface area (TPSA) is 58.4 Å². The van der Waals surface area contributed by atoms with Crippen LogP contribution in [0.4, 0.5) is 5.69 Å². The van der Waals surface area contributed by atoms with Crippen LogP contribution < -0.4 is 10.5 Å². The number of aliphatic hydroxyl groups excluding tert-OH is 1. The highest BCUT2D eigenvalue weighted by molar-refractivity contribution is 6.33. The Morgan fingerprint density at radius 3 is 2.52 bits per heavy atom. The van der Waals surface area contributed by atoms with Crippen LogP contribution >= 0.6 is 11.6 Å². The van der Waals surface area contributed by atoms with Crippen molar-refractivity contribution < 1.29 is 5.11 Å². The minimum atomic E-state index is -0.327. The molecule has 110 valence electrons. The zero-order valence-electron chi connectivity index (χ0n) is 11.4. The summed E-state index contributed by atoms with van der Waals surface area (Å²) >= 11 is 6.24. The van der Waals surface area contributed by atoms with E-state index in [1.807, 2.05) is 35.2 Å². The summed E-state index contributed by atoms with van der Waals surface area (Å²) < 4.78 is 1.30. The van der Waals surface area contributed by atoms with Gasteiger partial charge in [0, 0.05) is 13.1 Å². The fraction of sp³-hybridized carbons (Fsp3) is 0.333. The molecule has 1 aromatic carbocycles. The Labute approximate surface area is 127 Å². The molecule has 1 aliphatic rings. The van der Waals surface area contributed by atoms with E-state index in [-0.39, 0.29) is 16.7 Å². The van der Waals surface area contributed by atoms with Crippen LogP contribution in [0.2, 0.25) is 5.02 Å². The maximum Gasteiger partial charge on any atom is 0.292 e. The van der Waals surface area contributed by atoms with Crippen molar-refractivity contribution >= 4 is 17.3 Å². The van der Waals surface area contributed by atoms with Gasteiger partial charge in [-0.25, -0.2) is 0 Å². The van der Waals surface area contributed by atoms with Gasteiger partial charge in [-0.1, -0.05) is 29.8 Å². The summed E-state index contributed by atoms with van der Waals surface area (Å²) in [5, 5.41) is 13.9. The standard InChI is InChI=1S/C15H16ClN3O2/c16-14-13(18-8-6-12(20)7-9-18)10-17-19(15(14)21)11-4-2-1-3-5-11/h1-5,10,12,20H,6-9H2. The van der Waals surface area contributed by atoms with Gasteiger partial charge in [-0.05, 0) is 25.0 Å². The average Bonchev–Trinajstić information content (AvgIpc) is 2.52. The van der Waals surface area contributed by atoms with Gasteiger partial charge in [0.1, 0.15) is 5.02 Å². The van der Waals surface area contributed by atoms with E-state index in [1.165, 1.54) is 4.68 Å². The van der Waals surface area contributed by atoms with E-state index in [1.54, 1.807) is 6.20 Å². The van der Waals surface area contributed by atoms with Gasteiger partial charge in [0.2, 0.25) is 0 Å². The van der Waals surface area contributed by atoms with Crippen molar-refractivity contribution in [1.82, 2.24) is 9.78 Å². The third-order valence-corrected chi connectivity index (χ3v) is 4.06. The van der Waals surface area contributed by atoms with Crippen LogP contribution in [-0.2, 0) is 0 Å². The summed E-state index contributed by atoms with van der Waals surface area (Å²) in [6.07, 6.45) is 2.71. The summed E-state index contributed by atoms with van der Waals surface area (Å²) in [6.45, 7) is 1.36. The third kappa shape index (κ3) is 2.80. The molecule has 1 fully saturated rings. The molecule has 0 atom stereocenters. The molecule has 21 heavy (non-hydrogen) atoms. The molecular formula is C15H16ClN3O2. The van der Waals surface area contributed by atoms with Crippen molar-refractivity contribution in [3.05, 3.63) is 51.9 Å². The molecule has 0 spiro atoms. The van der Waals surface area contributed by atoms with Crippen molar-refractivity contribution in [2.24, 2.45) is 0 Å². The number of piperidine rings is 1.